The molecule has 1 aliphatic heterocycles. The van der Waals surface area contributed by atoms with Crippen molar-refractivity contribution in [2.75, 3.05) is 77.4 Å². The molecule has 3 N–H and O–H groups in total. The van der Waals surface area contributed by atoms with Gasteiger partial charge in [0.05, 0.1) is 31.6 Å². The Labute approximate surface area is 301 Å². The maximum absolute atomic E-state index is 13.4. The van der Waals surface area contributed by atoms with Crippen LogP contribution in [0, 0.1) is 0 Å². The van der Waals surface area contributed by atoms with Gasteiger partial charge in [0.25, 0.3) is 11.8 Å². The topological polar surface area (TPSA) is 127 Å². The highest BCUT2D eigenvalue weighted by atomic mass is 35.5. The van der Waals surface area contributed by atoms with Gasteiger partial charge in [-0.05, 0) is 93.9 Å². The van der Waals surface area contributed by atoms with Crippen LogP contribution in [0.25, 0.3) is 0 Å². The van der Waals surface area contributed by atoms with E-state index in [1.165, 1.54) is 7.11 Å². The highest BCUT2D eigenvalue weighted by Gasteiger charge is 2.20. The third kappa shape index (κ3) is 12.1. The number of halogens is 2. The van der Waals surface area contributed by atoms with E-state index in [1.54, 1.807) is 54.4 Å². The van der Waals surface area contributed by atoms with Crippen LogP contribution in [0.2, 0.25) is 0 Å². The molecule has 0 saturated carbocycles. The van der Waals surface area contributed by atoms with Crippen molar-refractivity contribution < 1.29 is 28.6 Å². The van der Waals surface area contributed by atoms with Gasteiger partial charge in [0.2, 0.25) is 5.91 Å². The second kappa shape index (κ2) is 21.1. The van der Waals surface area contributed by atoms with Crippen molar-refractivity contribution in [1.29, 1.82) is 0 Å². The molecule has 0 unspecified atom stereocenters. The minimum atomic E-state index is -0.360. The quantitative estimate of drug-likeness (QED) is 0.186. The van der Waals surface area contributed by atoms with Gasteiger partial charge in [-0.25, -0.2) is 0 Å². The number of hydrogen-bond donors (Lipinski definition) is 2. The van der Waals surface area contributed by atoms with E-state index in [0.29, 0.717) is 66.6 Å². The number of nitrogens with zero attached hydrogens (tertiary/aromatic N) is 3. The molecule has 0 spiro atoms. The van der Waals surface area contributed by atoms with E-state index in [4.69, 9.17) is 19.9 Å². The van der Waals surface area contributed by atoms with Crippen LogP contribution in [0.1, 0.15) is 52.8 Å². The van der Waals surface area contributed by atoms with Crippen molar-refractivity contribution >= 4 is 53.9 Å². The van der Waals surface area contributed by atoms with Crippen LogP contribution in [0.3, 0.4) is 0 Å². The van der Waals surface area contributed by atoms with E-state index in [1.807, 2.05) is 29.2 Å². The van der Waals surface area contributed by atoms with Crippen molar-refractivity contribution in [2.45, 2.75) is 32.1 Å². The first kappa shape index (κ1) is 41.1. The van der Waals surface area contributed by atoms with Crippen LogP contribution in [0.4, 0.5) is 11.4 Å². The number of benzene rings is 3. The number of amides is 3. The van der Waals surface area contributed by atoms with Gasteiger partial charge in [0.1, 0.15) is 17.2 Å². The lowest BCUT2D eigenvalue weighted by Crippen LogP contribution is -2.47. The average Bonchev–Trinajstić information content (AvgIpc) is 3.10. The molecule has 3 amide bonds. The molecule has 268 valence electrons. The molecule has 0 aliphatic carbocycles. The third-order valence-electron chi connectivity index (χ3n) is 8.12. The lowest BCUT2D eigenvalue weighted by atomic mass is 10.1. The Balaban J connectivity index is 0.00000417. The van der Waals surface area contributed by atoms with Crippen LogP contribution in [-0.2, 0) is 4.79 Å². The number of likely N-dealkylation sites (N-methyl/N-ethyl adjacent to an activating group) is 1. The van der Waals surface area contributed by atoms with Crippen molar-refractivity contribution in [3.8, 4) is 17.2 Å². The summed E-state index contributed by atoms with van der Waals surface area (Å²) in [5, 5.41) is 2.86. The molecule has 49 heavy (non-hydrogen) atoms. The molecule has 3 aromatic carbocycles. The van der Waals surface area contributed by atoms with Crippen LogP contribution in [-0.4, -0.2) is 94.7 Å². The number of anilines is 2. The molecule has 1 saturated heterocycles. The molecular formula is C36H49Cl2N5O6. The van der Waals surface area contributed by atoms with Gasteiger partial charge in [-0.1, -0.05) is 12.1 Å². The van der Waals surface area contributed by atoms with E-state index in [2.05, 4.69) is 17.3 Å². The first-order valence-corrected chi connectivity index (χ1v) is 16.2. The summed E-state index contributed by atoms with van der Waals surface area (Å²) in [6, 6.07) is 19.2. The molecule has 0 atom stereocenters. The maximum atomic E-state index is 13.4. The van der Waals surface area contributed by atoms with E-state index in [-0.39, 0.29) is 42.5 Å². The van der Waals surface area contributed by atoms with Crippen LogP contribution in [0.5, 0.6) is 17.2 Å². The van der Waals surface area contributed by atoms with E-state index < -0.39 is 0 Å². The van der Waals surface area contributed by atoms with E-state index in [0.717, 1.165) is 51.2 Å². The number of piperazine rings is 1. The SMILES string of the molecule is COc1cc(C(=O)N(C)c2ccc(OCCCCCC(=O)N3CCN(C)CC3)cc2)ccc1NC(=O)c1ccccc1OCCCN.Cl.Cl. The normalized spacial score (nSPS) is 12.6. The molecule has 11 nitrogen and oxygen atoms in total. The monoisotopic (exact) mass is 717 g/mol. The lowest BCUT2D eigenvalue weighted by Gasteiger charge is -2.32. The van der Waals surface area contributed by atoms with Crippen LogP contribution < -0.4 is 30.2 Å². The zero-order valence-electron chi connectivity index (χ0n) is 28.5. The summed E-state index contributed by atoms with van der Waals surface area (Å²) in [6.45, 7) is 4.98. The zero-order valence-corrected chi connectivity index (χ0v) is 30.2. The van der Waals surface area contributed by atoms with E-state index >= 15 is 0 Å². The Morgan fingerprint density at radius 3 is 2.22 bits per heavy atom. The summed E-state index contributed by atoms with van der Waals surface area (Å²) < 4.78 is 17.1. The molecular weight excluding hydrogens is 669 g/mol. The predicted molar refractivity (Wildman–Crippen MR) is 198 cm³/mol. The number of carbonyl (C=O) groups is 3. The number of nitrogens with two attached hydrogens (primary N) is 1. The lowest BCUT2D eigenvalue weighted by molar-refractivity contribution is -0.132. The van der Waals surface area contributed by atoms with Crippen molar-refractivity contribution in [3.05, 3.63) is 77.9 Å². The fourth-order valence-electron chi connectivity index (χ4n) is 5.20. The minimum absolute atomic E-state index is 0. The zero-order chi connectivity index (χ0) is 33.6. The van der Waals surface area contributed by atoms with Gasteiger partial charge >= 0.3 is 0 Å². The first-order chi connectivity index (χ1) is 22.8. The Hall–Kier alpha value is -4.03. The Morgan fingerprint density at radius 1 is 0.837 bits per heavy atom. The molecule has 3 aromatic rings. The minimum Gasteiger partial charge on any atom is -0.495 e. The third-order valence-corrected chi connectivity index (χ3v) is 8.12. The summed E-state index contributed by atoms with van der Waals surface area (Å²) in [4.78, 5) is 44.6. The number of hydrogen-bond acceptors (Lipinski definition) is 8. The van der Waals surface area contributed by atoms with Gasteiger partial charge < -0.3 is 40.0 Å². The largest absolute Gasteiger partial charge is 0.495 e. The summed E-state index contributed by atoms with van der Waals surface area (Å²) >= 11 is 0. The highest BCUT2D eigenvalue weighted by molar-refractivity contribution is 6.09. The Morgan fingerprint density at radius 2 is 1.53 bits per heavy atom. The molecule has 0 radical (unpaired) electrons. The van der Waals surface area contributed by atoms with Gasteiger partial charge in [-0.15, -0.1) is 24.8 Å². The van der Waals surface area contributed by atoms with Gasteiger partial charge in [-0.3, -0.25) is 14.4 Å². The second-order valence-corrected chi connectivity index (χ2v) is 11.6. The number of nitrogens with one attached hydrogen (secondary N) is 1. The smallest absolute Gasteiger partial charge is 0.259 e. The summed E-state index contributed by atoms with van der Waals surface area (Å²) in [6.07, 6.45) is 3.91. The van der Waals surface area contributed by atoms with Gasteiger partial charge in [0, 0.05) is 50.9 Å². The maximum Gasteiger partial charge on any atom is 0.259 e. The predicted octanol–water partition coefficient (Wildman–Crippen LogP) is 5.51. The number of rotatable bonds is 16. The average molecular weight is 719 g/mol. The van der Waals surface area contributed by atoms with Crippen LogP contribution >= 0.6 is 24.8 Å². The van der Waals surface area contributed by atoms with E-state index in [9.17, 15) is 14.4 Å². The Kier molecular flexibility index (Phi) is 17.8. The number of unbranched alkanes of at least 4 members (excludes halogenated alkanes) is 2. The molecule has 0 bridgehead atoms. The first-order valence-electron chi connectivity index (χ1n) is 16.2. The number of ether oxygens (including phenoxy) is 3. The van der Waals surface area contributed by atoms with Crippen molar-refractivity contribution in [3.63, 3.8) is 0 Å². The molecule has 4 rings (SSSR count). The summed E-state index contributed by atoms with van der Waals surface area (Å²) in [5.74, 6) is 1.19. The van der Waals surface area contributed by atoms with Crippen molar-refractivity contribution in [2.24, 2.45) is 5.73 Å². The molecule has 1 aliphatic rings. The standard InChI is InChI=1S/C36H47N5O6.2ClH/c1-39-20-22-41(23-21-39)34(42)12-5-4-8-24-46-29-16-14-28(15-17-29)40(2)36(44)27-13-18-31(33(26-27)45-3)38-35(43)30-10-6-7-11-32(30)47-25-9-19-37;;/h6-7,10-11,13-18,26H,4-5,8-9,12,19-25,37H2,1-3H3,(H,38,43);2*1H. The molecule has 1 heterocycles. The Bertz CT molecular complexity index is 1480. The molecule has 0 aromatic heterocycles. The van der Waals surface area contributed by atoms with Gasteiger partial charge in [0.15, 0.2) is 0 Å². The fourth-order valence-corrected chi connectivity index (χ4v) is 5.20. The van der Waals surface area contributed by atoms with Crippen molar-refractivity contribution in [1.82, 2.24) is 9.80 Å². The number of para-hydroxylation sites is 1. The van der Waals surface area contributed by atoms with Crippen LogP contribution in [0.15, 0.2) is 66.7 Å². The summed E-state index contributed by atoms with van der Waals surface area (Å²) in [7, 11) is 5.27. The van der Waals surface area contributed by atoms with Gasteiger partial charge in [-0.2, -0.15) is 0 Å². The summed E-state index contributed by atoms with van der Waals surface area (Å²) in [5.41, 5.74) is 7.47. The number of methoxy groups -OCH3 is 1. The number of carbonyl (C=O) groups excluding carboxylic acids is 3. The highest BCUT2D eigenvalue weighted by Crippen LogP contribution is 2.29. The molecule has 1 fully saturated rings. The molecule has 13 heteroatoms. The fraction of sp³-hybridized carbons (Fsp3) is 0.417. The second-order valence-electron chi connectivity index (χ2n) is 11.6.